The molecule has 4 rings (SSSR count). The van der Waals surface area contributed by atoms with E-state index >= 15 is 0 Å². The van der Waals surface area contributed by atoms with Gasteiger partial charge in [-0.25, -0.2) is 0 Å². The number of fused-ring (bicyclic) bond motifs is 3. The van der Waals surface area contributed by atoms with Crippen LogP contribution in [0, 0.1) is 0 Å². The van der Waals surface area contributed by atoms with Crippen molar-refractivity contribution in [2.75, 3.05) is 0 Å². The highest BCUT2D eigenvalue weighted by molar-refractivity contribution is 7.82. The summed E-state index contributed by atoms with van der Waals surface area (Å²) in [5.41, 5.74) is 3.04. The fraction of sp³-hybridized carbons (Fsp3) is 0. The Kier molecular flexibility index (Phi) is 2.11. The summed E-state index contributed by atoms with van der Waals surface area (Å²) in [4.78, 5) is 4.20. The van der Waals surface area contributed by atoms with Gasteiger partial charge in [0.05, 0.1) is 0 Å². The van der Waals surface area contributed by atoms with E-state index in [1.807, 2.05) is 42.5 Å². The molecule has 2 heterocycles. The van der Waals surface area contributed by atoms with Crippen molar-refractivity contribution in [2.45, 2.75) is 0 Å². The van der Waals surface area contributed by atoms with E-state index in [1.54, 1.807) is 6.07 Å². The normalized spacial score (nSPS) is 15.6. The van der Waals surface area contributed by atoms with E-state index in [0.717, 1.165) is 15.9 Å². The summed E-state index contributed by atoms with van der Waals surface area (Å²) >= 11 is 0. The predicted octanol–water partition coefficient (Wildman–Crippen LogP) is 1.77. The molecule has 1 aromatic heterocycles. The molecule has 0 unspecified atom stereocenters. The first-order chi connectivity index (χ1) is 9.64. The van der Waals surface area contributed by atoms with Gasteiger partial charge in [0, 0.05) is 5.56 Å². The Morgan fingerprint density at radius 3 is 2.60 bits per heavy atom. The second kappa shape index (κ2) is 3.73. The van der Waals surface area contributed by atoms with Gasteiger partial charge in [0.2, 0.25) is 0 Å². The first kappa shape index (κ1) is 11.3. The van der Waals surface area contributed by atoms with E-state index in [-0.39, 0.29) is 6.01 Å². The monoisotopic (exact) mass is 288 g/mol. The molecule has 0 fully saturated rings. The molecule has 0 amide bonds. The zero-order chi connectivity index (χ0) is 13.7. The van der Waals surface area contributed by atoms with Crippen molar-refractivity contribution >= 4 is 21.4 Å². The van der Waals surface area contributed by atoms with Crippen LogP contribution in [0.3, 0.4) is 0 Å². The summed E-state index contributed by atoms with van der Waals surface area (Å²) < 4.78 is 33.0. The van der Waals surface area contributed by atoms with Crippen LogP contribution >= 0.6 is 0 Å². The molecular weight excluding hydrogens is 280 g/mol. The van der Waals surface area contributed by atoms with Gasteiger partial charge in [0.1, 0.15) is 11.0 Å². The molecule has 100 valence electrons. The Morgan fingerprint density at radius 1 is 1.00 bits per heavy atom. The molecule has 0 atom stereocenters. The number of rotatable bonds is 1. The summed E-state index contributed by atoms with van der Waals surface area (Å²) in [6, 6.07) is 15.1. The molecule has 20 heavy (non-hydrogen) atoms. The topological polar surface area (TPSA) is 70.4 Å². The zero-order valence-corrected chi connectivity index (χ0v) is 10.9. The van der Waals surface area contributed by atoms with Crippen LogP contribution in [-0.2, 0) is 10.4 Å². The molecule has 0 bridgehead atoms. The third-order valence-corrected chi connectivity index (χ3v) is 3.73. The molecule has 0 radical (unpaired) electrons. The molecule has 2 aromatic carbocycles. The molecule has 3 aromatic rings. The standard InChI is InChI=1S/C13H8N2O4S/c16-20(17)18-13-14-12-10(9-5-2-1-3-6-9)7-4-8-11(12)15(13)19-20/h1-8H. The first-order valence-electron chi connectivity index (χ1n) is 5.85. The first-order valence-corrected chi connectivity index (χ1v) is 7.19. The zero-order valence-electron chi connectivity index (χ0n) is 10.1. The lowest BCUT2D eigenvalue weighted by Crippen LogP contribution is -2.14. The van der Waals surface area contributed by atoms with Crippen LogP contribution in [0.15, 0.2) is 48.5 Å². The van der Waals surface area contributed by atoms with E-state index in [0.29, 0.717) is 11.0 Å². The SMILES string of the molecule is O=S1(=O)Oc2nc3c(-c4ccccc4)cccc3n2O1. The molecule has 0 saturated carbocycles. The van der Waals surface area contributed by atoms with Crippen LogP contribution in [-0.4, -0.2) is 18.1 Å². The van der Waals surface area contributed by atoms with Gasteiger partial charge in [0.15, 0.2) is 0 Å². The van der Waals surface area contributed by atoms with Crippen molar-refractivity contribution in [3.05, 3.63) is 48.5 Å². The Hall–Kier alpha value is -2.54. The van der Waals surface area contributed by atoms with Crippen molar-refractivity contribution in [2.24, 2.45) is 0 Å². The highest BCUT2D eigenvalue weighted by atomic mass is 32.3. The highest BCUT2D eigenvalue weighted by Gasteiger charge is 2.32. The second-order valence-electron chi connectivity index (χ2n) is 4.29. The van der Waals surface area contributed by atoms with Crippen molar-refractivity contribution in [1.82, 2.24) is 9.71 Å². The maximum absolute atomic E-state index is 11.2. The molecule has 7 heteroatoms. The van der Waals surface area contributed by atoms with Crippen LogP contribution in [0.4, 0.5) is 0 Å². The van der Waals surface area contributed by atoms with E-state index in [9.17, 15) is 8.42 Å². The van der Waals surface area contributed by atoms with E-state index in [2.05, 4.69) is 9.17 Å². The van der Waals surface area contributed by atoms with E-state index in [4.69, 9.17) is 4.28 Å². The van der Waals surface area contributed by atoms with Crippen molar-refractivity contribution in [3.8, 4) is 17.1 Å². The minimum Gasteiger partial charge on any atom is -0.311 e. The third-order valence-electron chi connectivity index (χ3n) is 3.04. The number of aromatic nitrogens is 2. The lowest BCUT2D eigenvalue weighted by molar-refractivity contribution is 0.311. The van der Waals surface area contributed by atoms with Crippen LogP contribution in [0.2, 0.25) is 0 Å². The number of hydrogen-bond donors (Lipinski definition) is 0. The van der Waals surface area contributed by atoms with Crippen LogP contribution in [0.25, 0.3) is 22.2 Å². The summed E-state index contributed by atoms with van der Waals surface area (Å²) in [6.07, 6.45) is 0. The van der Waals surface area contributed by atoms with Crippen LogP contribution in [0.5, 0.6) is 6.01 Å². The molecule has 0 saturated heterocycles. The molecule has 1 aliphatic heterocycles. The molecular formula is C13H8N2O4S. The minimum atomic E-state index is -4.03. The number of nitrogens with zero attached hydrogens (tertiary/aromatic N) is 2. The average molecular weight is 288 g/mol. The Morgan fingerprint density at radius 2 is 1.80 bits per heavy atom. The van der Waals surface area contributed by atoms with Gasteiger partial charge in [-0.05, 0) is 11.6 Å². The fourth-order valence-electron chi connectivity index (χ4n) is 2.23. The number of benzene rings is 2. The molecule has 0 aliphatic carbocycles. The largest absolute Gasteiger partial charge is 0.523 e. The maximum Gasteiger partial charge on any atom is 0.523 e. The van der Waals surface area contributed by atoms with Crippen molar-refractivity contribution < 1.29 is 16.9 Å². The summed E-state index contributed by atoms with van der Waals surface area (Å²) in [7, 11) is -4.03. The molecule has 1 aliphatic rings. The summed E-state index contributed by atoms with van der Waals surface area (Å²) in [6.45, 7) is 0. The maximum atomic E-state index is 11.2. The van der Waals surface area contributed by atoms with Gasteiger partial charge in [-0.2, -0.15) is 4.98 Å². The van der Waals surface area contributed by atoms with E-state index < -0.39 is 10.4 Å². The van der Waals surface area contributed by atoms with Crippen LogP contribution < -0.4 is 8.47 Å². The van der Waals surface area contributed by atoms with Gasteiger partial charge in [-0.1, -0.05) is 42.5 Å². The lowest BCUT2D eigenvalue weighted by Gasteiger charge is -2.03. The minimum absolute atomic E-state index is 0.0802. The van der Waals surface area contributed by atoms with Gasteiger partial charge < -0.3 is 4.18 Å². The summed E-state index contributed by atoms with van der Waals surface area (Å²) in [5, 5.41) is 0. The van der Waals surface area contributed by atoms with Crippen molar-refractivity contribution in [1.29, 1.82) is 0 Å². The second-order valence-corrected chi connectivity index (χ2v) is 5.43. The smallest absolute Gasteiger partial charge is 0.311 e. The van der Waals surface area contributed by atoms with Gasteiger partial charge >= 0.3 is 16.4 Å². The third kappa shape index (κ3) is 1.56. The Labute approximate surface area is 114 Å². The van der Waals surface area contributed by atoms with E-state index in [1.165, 1.54) is 0 Å². The average Bonchev–Trinajstić information content (AvgIpc) is 2.91. The molecule has 0 N–H and O–H groups in total. The Balaban J connectivity index is 1.99. The Bertz CT molecular complexity index is 916. The van der Waals surface area contributed by atoms with Crippen molar-refractivity contribution in [3.63, 3.8) is 0 Å². The fourth-order valence-corrected chi connectivity index (χ4v) is 2.87. The van der Waals surface area contributed by atoms with Crippen LogP contribution in [0.1, 0.15) is 0 Å². The molecule has 6 nitrogen and oxygen atoms in total. The molecule has 0 spiro atoms. The quantitative estimate of drug-likeness (QED) is 0.682. The number of imidazole rings is 1. The lowest BCUT2D eigenvalue weighted by atomic mass is 10.0. The van der Waals surface area contributed by atoms with Gasteiger partial charge in [0.25, 0.3) is 0 Å². The predicted molar refractivity (Wildman–Crippen MR) is 71.3 cm³/mol. The summed E-state index contributed by atoms with van der Waals surface area (Å²) in [5.74, 6) is 0. The number of para-hydroxylation sites is 1. The number of hydrogen-bond acceptors (Lipinski definition) is 5. The van der Waals surface area contributed by atoms with Gasteiger partial charge in [-0.15, -0.1) is 13.1 Å². The van der Waals surface area contributed by atoms with Gasteiger partial charge in [-0.3, -0.25) is 4.28 Å². The highest BCUT2D eigenvalue weighted by Crippen LogP contribution is 2.32.